The second-order valence-electron chi connectivity index (χ2n) is 16.1. The SMILES string of the molecule is c1ccc(-c2ccc(N(c3ccc(-c4ccccc4)cc3)c3cccc(-c4ccccc4-n4c5ccccc5c5ccc(-c6cccc7oc8ccccc8c67)cc54)c3)cc2)cc1. The van der Waals surface area contributed by atoms with Gasteiger partial charge in [0.25, 0.3) is 0 Å². The van der Waals surface area contributed by atoms with E-state index in [9.17, 15) is 0 Å². The Balaban J connectivity index is 1.01. The summed E-state index contributed by atoms with van der Waals surface area (Å²) in [6, 6.07) is 87.1. The summed E-state index contributed by atoms with van der Waals surface area (Å²) in [4.78, 5) is 2.36. The molecule has 0 saturated heterocycles. The maximum atomic E-state index is 6.33. The van der Waals surface area contributed by atoms with Crippen molar-refractivity contribution in [1.82, 2.24) is 4.57 Å². The summed E-state index contributed by atoms with van der Waals surface area (Å²) in [5.74, 6) is 0. The van der Waals surface area contributed by atoms with Gasteiger partial charge in [0.1, 0.15) is 11.2 Å². The lowest BCUT2D eigenvalue weighted by molar-refractivity contribution is 0.669. The Morgan fingerprint density at radius 2 is 0.810 bits per heavy atom. The van der Waals surface area contributed by atoms with Crippen molar-refractivity contribution in [3.8, 4) is 50.2 Å². The maximum Gasteiger partial charge on any atom is 0.136 e. The van der Waals surface area contributed by atoms with Gasteiger partial charge in [-0.15, -0.1) is 0 Å². The molecule has 296 valence electrons. The first-order chi connectivity index (χ1) is 31.2. The topological polar surface area (TPSA) is 21.3 Å². The van der Waals surface area contributed by atoms with Crippen LogP contribution in [0.3, 0.4) is 0 Å². The van der Waals surface area contributed by atoms with Crippen molar-refractivity contribution in [1.29, 1.82) is 0 Å². The molecular formula is C60H40N2O. The second kappa shape index (κ2) is 15.3. The van der Waals surface area contributed by atoms with Crippen molar-refractivity contribution in [2.24, 2.45) is 0 Å². The fourth-order valence-corrected chi connectivity index (χ4v) is 9.45. The van der Waals surface area contributed by atoms with Crippen LogP contribution in [0.4, 0.5) is 17.1 Å². The Morgan fingerprint density at radius 3 is 1.54 bits per heavy atom. The number of aromatic nitrogens is 1. The summed E-state index contributed by atoms with van der Waals surface area (Å²) in [5.41, 5.74) is 17.8. The van der Waals surface area contributed by atoms with E-state index in [1.165, 1.54) is 38.5 Å². The molecule has 12 rings (SSSR count). The van der Waals surface area contributed by atoms with Crippen LogP contribution in [0.1, 0.15) is 0 Å². The summed E-state index contributed by atoms with van der Waals surface area (Å²) in [7, 11) is 0. The zero-order valence-corrected chi connectivity index (χ0v) is 34.4. The number of anilines is 3. The highest BCUT2D eigenvalue weighted by Crippen LogP contribution is 2.43. The van der Waals surface area contributed by atoms with Gasteiger partial charge in [-0.3, -0.25) is 0 Å². The molecule has 0 radical (unpaired) electrons. The lowest BCUT2D eigenvalue weighted by atomic mass is 9.98. The molecule has 0 aliphatic carbocycles. The summed E-state index contributed by atoms with van der Waals surface area (Å²) in [6.45, 7) is 0. The van der Waals surface area contributed by atoms with E-state index >= 15 is 0 Å². The summed E-state index contributed by atoms with van der Waals surface area (Å²) >= 11 is 0. The Labute approximate surface area is 366 Å². The number of para-hydroxylation sites is 3. The Bertz CT molecular complexity index is 3520. The second-order valence-corrected chi connectivity index (χ2v) is 16.1. The minimum atomic E-state index is 0.896. The van der Waals surface area contributed by atoms with Crippen molar-refractivity contribution in [3.05, 3.63) is 243 Å². The zero-order valence-electron chi connectivity index (χ0n) is 34.4. The Morgan fingerprint density at radius 1 is 0.302 bits per heavy atom. The normalized spacial score (nSPS) is 11.5. The van der Waals surface area contributed by atoms with Gasteiger partial charge >= 0.3 is 0 Å². The molecule has 0 aliphatic rings. The lowest BCUT2D eigenvalue weighted by Crippen LogP contribution is -2.10. The summed E-state index contributed by atoms with van der Waals surface area (Å²) in [6.07, 6.45) is 0. The van der Waals surface area contributed by atoms with Crippen molar-refractivity contribution in [3.63, 3.8) is 0 Å². The van der Waals surface area contributed by atoms with Crippen molar-refractivity contribution < 1.29 is 4.42 Å². The number of rotatable bonds is 8. The van der Waals surface area contributed by atoms with E-state index in [1.807, 2.05) is 6.07 Å². The highest BCUT2D eigenvalue weighted by Gasteiger charge is 2.20. The van der Waals surface area contributed by atoms with E-state index in [1.54, 1.807) is 0 Å². The van der Waals surface area contributed by atoms with Gasteiger partial charge in [0, 0.05) is 44.2 Å². The van der Waals surface area contributed by atoms with Crippen molar-refractivity contribution in [2.75, 3.05) is 4.90 Å². The molecule has 63 heavy (non-hydrogen) atoms. The van der Waals surface area contributed by atoms with E-state index in [4.69, 9.17) is 4.42 Å². The molecule has 3 heteroatoms. The van der Waals surface area contributed by atoms with Gasteiger partial charge in [0.05, 0.1) is 16.7 Å². The van der Waals surface area contributed by atoms with Crippen LogP contribution in [0, 0.1) is 0 Å². The Hall–Kier alpha value is -8.40. The van der Waals surface area contributed by atoms with Crippen LogP contribution in [-0.2, 0) is 0 Å². The van der Waals surface area contributed by atoms with E-state index in [2.05, 4.69) is 246 Å². The third-order valence-corrected chi connectivity index (χ3v) is 12.4. The summed E-state index contributed by atoms with van der Waals surface area (Å²) < 4.78 is 8.78. The van der Waals surface area contributed by atoms with E-state index in [0.717, 1.165) is 72.5 Å². The van der Waals surface area contributed by atoms with Gasteiger partial charge in [-0.2, -0.15) is 0 Å². The van der Waals surface area contributed by atoms with Crippen LogP contribution in [0.5, 0.6) is 0 Å². The highest BCUT2D eigenvalue weighted by molar-refractivity contribution is 6.15. The molecule has 10 aromatic carbocycles. The van der Waals surface area contributed by atoms with E-state index in [-0.39, 0.29) is 0 Å². The van der Waals surface area contributed by atoms with Crippen molar-refractivity contribution >= 4 is 60.8 Å². The van der Waals surface area contributed by atoms with E-state index in [0.29, 0.717) is 0 Å². The smallest absolute Gasteiger partial charge is 0.136 e. The van der Waals surface area contributed by atoms with Crippen LogP contribution >= 0.6 is 0 Å². The number of hydrogen-bond donors (Lipinski definition) is 0. The average Bonchev–Trinajstić information content (AvgIpc) is 3.91. The molecule has 2 heterocycles. The van der Waals surface area contributed by atoms with Gasteiger partial charge in [-0.05, 0) is 106 Å². The molecule has 0 bridgehead atoms. The predicted molar refractivity (Wildman–Crippen MR) is 264 cm³/mol. The molecule has 0 spiro atoms. The first-order valence-corrected chi connectivity index (χ1v) is 21.5. The predicted octanol–water partition coefficient (Wildman–Crippen LogP) is 16.8. The monoisotopic (exact) mass is 804 g/mol. The molecule has 0 unspecified atom stereocenters. The fraction of sp³-hybridized carbons (Fsp3) is 0. The van der Waals surface area contributed by atoms with Gasteiger partial charge in [0.2, 0.25) is 0 Å². The van der Waals surface area contributed by atoms with Crippen LogP contribution < -0.4 is 4.90 Å². The minimum absolute atomic E-state index is 0.896. The molecule has 2 aromatic heterocycles. The molecule has 0 aliphatic heterocycles. The number of nitrogens with zero attached hydrogens (tertiary/aromatic N) is 2. The first kappa shape index (κ1) is 36.5. The number of furan rings is 1. The standard InChI is InChI=1S/C60H40N2O/c1-3-15-41(16-4-1)43-29-34-47(35-30-43)61(48-36-31-44(32-37-48)42-17-5-2-6-18-42)49-20-13-19-45(39-49)50-21-7-10-25-55(50)62-56-26-11-8-22-52(56)53-38-33-46(40-57(53)62)51-24-14-28-59-60(51)54-23-9-12-27-58(54)63-59/h1-40H. The van der Waals surface area contributed by atoms with Gasteiger partial charge in [-0.25, -0.2) is 0 Å². The quantitative estimate of drug-likeness (QED) is 0.153. The molecule has 0 N–H and O–H groups in total. The van der Waals surface area contributed by atoms with Gasteiger partial charge in [-0.1, -0.05) is 176 Å². The van der Waals surface area contributed by atoms with Crippen LogP contribution in [0.15, 0.2) is 247 Å². The lowest BCUT2D eigenvalue weighted by Gasteiger charge is -2.27. The summed E-state index contributed by atoms with van der Waals surface area (Å²) in [5, 5.41) is 4.70. The molecule has 12 aromatic rings. The van der Waals surface area contributed by atoms with Crippen LogP contribution in [-0.4, -0.2) is 4.57 Å². The van der Waals surface area contributed by atoms with Crippen LogP contribution in [0.25, 0.3) is 93.9 Å². The highest BCUT2D eigenvalue weighted by atomic mass is 16.3. The molecule has 0 fully saturated rings. The molecule has 0 amide bonds. The minimum Gasteiger partial charge on any atom is -0.456 e. The van der Waals surface area contributed by atoms with Crippen LogP contribution in [0.2, 0.25) is 0 Å². The maximum absolute atomic E-state index is 6.33. The first-order valence-electron chi connectivity index (χ1n) is 21.5. The zero-order chi connectivity index (χ0) is 41.7. The van der Waals surface area contributed by atoms with Crippen molar-refractivity contribution in [2.45, 2.75) is 0 Å². The number of fused-ring (bicyclic) bond motifs is 6. The third kappa shape index (κ3) is 6.38. The molecule has 0 saturated carbocycles. The largest absolute Gasteiger partial charge is 0.456 e. The van der Waals surface area contributed by atoms with Gasteiger partial charge < -0.3 is 13.9 Å². The molecule has 0 atom stereocenters. The Kier molecular flexibility index (Phi) is 8.83. The molecule has 3 nitrogen and oxygen atoms in total. The third-order valence-electron chi connectivity index (χ3n) is 12.4. The average molecular weight is 805 g/mol. The molecular weight excluding hydrogens is 765 g/mol. The van der Waals surface area contributed by atoms with E-state index < -0.39 is 0 Å². The fourth-order valence-electron chi connectivity index (χ4n) is 9.45. The number of benzene rings is 10. The van der Waals surface area contributed by atoms with Gasteiger partial charge in [0.15, 0.2) is 0 Å². The number of hydrogen-bond acceptors (Lipinski definition) is 2.